The van der Waals surface area contributed by atoms with Gasteiger partial charge in [0.15, 0.2) is 0 Å². The van der Waals surface area contributed by atoms with Crippen molar-refractivity contribution < 1.29 is 4.79 Å². The summed E-state index contributed by atoms with van der Waals surface area (Å²) < 4.78 is 0. The lowest BCUT2D eigenvalue weighted by Crippen LogP contribution is -2.33. The van der Waals surface area contributed by atoms with E-state index < -0.39 is 0 Å². The van der Waals surface area contributed by atoms with E-state index in [0.29, 0.717) is 12.1 Å². The summed E-state index contributed by atoms with van der Waals surface area (Å²) in [5, 5.41) is 2.96. The lowest BCUT2D eigenvalue weighted by Gasteiger charge is -2.32. The van der Waals surface area contributed by atoms with E-state index in [1.54, 1.807) is 12.4 Å². The third kappa shape index (κ3) is 5.77. The number of aromatic nitrogens is 1. The number of benzene rings is 2. The van der Waals surface area contributed by atoms with Gasteiger partial charge in [-0.15, -0.1) is 0 Å². The predicted octanol–water partition coefficient (Wildman–Crippen LogP) is 4.47. The van der Waals surface area contributed by atoms with Gasteiger partial charge in [0.2, 0.25) is 0 Å². The van der Waals surface area contributed by atoms with E-state index in [4.69, 9.17) is 0 Å². The van der Waals surface area contributed by atoms with Gasteiger partial charge in [0, 0.05) is 31.0 Å². The minimum atomic E-state index is -0.0416. The monoisotopic (exact) mass is 399 g/mol. The van der Waals surface area contributed by atoms with Crippen LogP contribution in [-0.2, 0) is 19.5 Å². The molecule has 154 valence electrons. The van der Waals surface area contributed by atoms with Crippen molar-refractivity contribution in [1.29, 1.82) is 0 Å². The smallest absolute Gasteiger partial charge is 0.251 e. The molecule has 4 nitrogen and oxygen atoms in total. The SMILES string of the molecule is O=C(NCc1ccncc1)c1ccc(CN2CCC(Cc3ccccc3)CC2)cc1. The molecule has 0 unspecified atom stereocenters. The van der Waals surface area contributed by atoms with E-state index >= 15 is 0 Å². The molecule has 0 atom stereocenters. The van der Waals surface area contributed by atoms with E-state index in [0.717, 1.165) is 31.1 Å². The highest BCUT2D eigenvalue weighted by Crippen LogP contribution is 2.23. The fourth-order valence-electron chi connectivity index (χ4n) is 4.10. The standard InChI is InChI=1S/C26H29N3O/c30-26(28-19-23-10-14-27-15-11-23)25-8-6-24(7-9-25)20-29-16-12-22(13-17-29)18-21-4-2-1-3-5-21/h1-11,14-15,22H,12-13,16-20H2,(H,28,30). The van der Waals surface area contributed by atoms with E-state index in [2.05, 4.69) is 57.7 Å². The summed E-state index contributed by atoms with van der Waals surface area (Å²) >= 11 is 0. The van der Waals surface area contributed by atoms with Crippen LogP contribution in [0.3, 0.4) is 0 Å². The summed E-state index contributed by atoms with van der Waals surface area (Å²) in [6.45, 7) is 3.76. The Hall–Kier alpha value is -2.98. The first-order valence-corrected chi connectivity index (χ1v) is 10.8. The van der Waals surface area contributed by atoms with Gasteiger partial charge in [0.1, 0.15) is 0 Å². The Labute approximate surface area is 179 Å². The van der Waals surface area contributed by atoms with Crippen LogP contribution in [0.1, 0.15) is 39.9 Å². The minimum absolute atomic E-state index is 0.0416. The summed E-state index contributed by atoms with van der Waals surface area (Å²) in [5.41, 5.74) is 4.47. The molecular weight excluding hydrogens is 370 g/mol. The van der Waals surface area contributed by atoms with Crippen molar-refractivity contribution in [3.8, 4) is 0 Å². The first-order valence-electron chi connectivity index (χ1n) is 10.8. The third-order valence-electron chi connectivity index (χ3n) is 5.90. The number of nitrogens with one attached hydrogen (secondary N) is 1. The Kier molecular flexibility index (Phi) is 6.88. The summed E-state index contributed by atoms with van der Waals surface area (Å²) in [7, 11) is 0. The Morgan fingerprint density at radius 3 is 2.27 bits per heavy atom. The zero-order valence-electron chi connectivity index (χ0n) is 17.3. The number of amides is 1. The Bertz CT molecular complexity index is 918. The molecule has 0 spiro atoms. The fourth-order valence-corrected chi connectivity index (χ4v) is 4.10. The Morgan fingerprint density at radius 2 is 1.57 bits per heavy atom. The van der Waals surface area contributed by atoms with Crippen LogP contribution in [-0.4, -0.2) is 28.9 Å². The molecule has 2 aromatic carbocycles. The van der Waals surface area contributed by atoms with Gasteiger partial charge in [-0.2, -0.15) is 0 Å². The molecule has 1 aromatic heterocycles. The van der Waals surface area contributed by atoms with Crippen molar-refractivity contribution >= 4 is 5.91 Å². The molecule has 0 aliphatic carbocycles. The molecule has 0 bridgehead atoms. The second-order valence-electron chi connectivity index (χ2n) is 8.14. The van der Waals surface area contributed by atoms with Crippen LogP contribution in [0, 0.1) is 5.92 Å². The van der Waals surface area contributed by atoms with Crippen LogP contribution in [0.2, 0.25) is 0 Å². The molecule has 4 rings (SSSR count). The molecule has 1 amide bonds. The number of carbonyl (C=O) groups is 1. The average Bonchev–Trinajstić information content (AvgIpc) is 2.81. The van der Waals surface area contributed by atoms with E-state index in [1.807, 2.05) is 24.3 Å². The van der Waals surface area contributed by atoms with Crippen molar-refractivity contribution in [2.45, 2.75) is 32.4 Å². The third-order valence-corrected chi connectivity index (χ3v) is 5.90. The average molecular weight is 400 g/mol. The summed E-state index contributed by atoms with van der Waals surface area (Å²) in [6, 6.07) is 22.7. The number of rotatable bonds is 7. The number of pyridine rings is 1. The molecule has 0 saturated carbocycles. The molecule has 1 aliphatic rings. The second kappa shape index (κ2) is 10.2. The van der Waals surface area contributed by atoms with Gasteiger partial charge >= 0.3 is 0 Å². The first-order chi connectivity index (χ1) is 14.8. The van der Waals surface area contributed by atoms with Crippen molar-refractivity contribution in [1.82, 2.24) is 15.2 Å². The van der Waals surface area contributed by atoms with Gasteiger partial charge in [-0.25, -0.2) is 0 Å². The van der Waals surface area contributed by atoms with Crippen LogP contribution in [0.25, 0.3) is 0 Å². The Morgan fingerprint density at radius 1 is 0.867 bits per heavy atom. The number of hydrogen-bond donors (Lipinski definition) is 1. The van der Waals surface area contributed by atoms with Gasteiger partial charge < -0.3 is 5.32 Å². The maximum Gasteiger partial charge on any atom is 0.251 e. The molecule has 2 heterocycles. The maximum atomic E-state index is 12.4. The maximum absolute atomic E-state index is 12.4. The van der Waals surface area contributed by atoms with Crippen molar-refractivity contribution in [3.63, 3.8) is 0 Å². The molecule has 3 aromatic rings. The second-order valence-corrected chi connectivity index (χ2v) is 8.14. The summed E-state index contributed by atoms with van der Waals surface area (Å²) in [4.78, 5) is 18.9. The molecule has 4 heteroatoms. The zero-order valence-corrected chi connectivity index (χ0v) is 17.3. The summed E-state index contributed by atoms with van der Waals surface area (Å²) in [6.07, 6.45) is 7.17. The van der Waals surface area contributed by atoms with Crippen molar-refractivity contribution in [3.05, 3.63) is 101 Å². The highest BCUT2D eigenvalue weighted by Gasteiger charge is 2.19. The van der Waals surface area contributed by atoms with Gasteiger partial charge in [-0.05, 0) is 79.2 Å². The van der Waals surface area contributed by atoms with Crippen molar-refractivity contribution in [2.75, 3.05) is 13.1 Å². The van der Waals surface area contributed by atoms with Gasteiger partial charge in [-0.1, -0.05) is 42.5 Å². The molecule has 30 heavy (non-hydrogen) atoms. The first kappa shape index (κ1) is 20.3. The van der Waals surface area contributed by atoms with Crippen molar-refractivity contribution in [2.24, 2.45) is 5.92 Å². The van der Waals surface area contributed by atoms with Gasteiger partial charge in [0.05, 0.1) is 0 Å². The predicted molar refractivity (Wildman–Crippen MR) is 120 cm³/mol. The lowest BCUT2D eigenvalue weighted by molar-refractivity contribution is 0.0951. The van der Waals surface area contributed by atoms with Crippen LogP contribution in [0.5, 0.6) is 0 Å². The molecule has 1 fully saturated rings. The largest absolute Gasteiger partial charge is 0.348 e. The number of carbonyl (C=O) groups excluding carboxylic acids is 1. The van der Waals surface area contributed by atoms with Crippen LogP contribution in [0.4, 0.5) is 0 Å². The highest BCUT2D eigenvalue weighted by molar-refractivity contribution is 5.94. The van der Waals surface area contributed by atoms with Gasteiger partial charge in [-0.3, -0.25) is 14.7 Å². The summed E-state index contributed by atoms with van der Waals surface area (Å²) in [5.74, 6) is 0.746. The lowest BCUT2D eigenvalue weighted by atomic mass is 9.90. The number of nitrogens with zero attached hydrogens (tertiary/aromatic N) is 2. The Balaban J connectivity index is 1.22. The molecule has 1 N–H and O–H groups in total. The van der Waals surface area contributed by atoms with Crippen LogP contribution in [0.15, 0.2) is 79.1 Å². The zero-order chi connectivity index (χ0) is 20.6. The van der Waals surface area contributed by atoms with Crippen LogP contribution >= 0.6 is 0 Å². The molecule has 0 radical (unpaired) electrons. The quantitative estimate of drug-likeness (QED) is 0.638. The minimum Gasteiger partial charge on any atom is -0.348 e. The van der Waals surface area contributed by atoms with E-state index in [-0.39, 0.29) is 5.91 Å². The van der Waals surface area contributed by atoms with E-state index in [1.165, 1.54) is 30.4 Å². The molecular formula is C26H29N3O. The van der Waals surface area contributed by atoms with E-state index in [9.17, 15) is 4.79 Å². The normalized spacial score (nSPS) is 15.1. The van der Waals surface area contributed by atoms with Gasteiger partial charge in [0.25, 0.3) is 5.91 Å². The number of hydrogen-bond acceptors (Lipinski definition) is 3. The fraction of sp³-hybridized carbons (Fsp3) is 0.308. The molecule has 1 saturated heterocycles. The number of piperidine rings is 1. The highest BCUT2D eigenvalue weighted by atomic mass is 16.1. The topological polar surface area (TPSA) is 45.2 Å². The number of likely N-dealkylation sites (tertiary alicyclic amines) is 1. The molecule has 1 aliphatic heterocycles. The van der Waals surface area contributed by atoms with Crippen LogP contribution < -0.4 is 5.32 Å².